The maximum Gasteiger partial charge on any atom is 0.255 e. The molecule has 1 fully saturated rings. The van der Waals surface area contributed by atoms with Crippen molar-refractivity contribution in [3.05, 3.63) is 54.5 Å². The molecule has 1 aliphatic rings. The lowest BCUT2D eigenvalue weighted by atomic mass is 10.2. The number of pyridine rings is 1. The zero-order valence-electron chi connectivity index (χ0n) is 16.3. The predicted molar refractivity (Wildman–Crippen MR) is 108 cm³/mol. The second-order valence-corrected chi connectivity index (χ2v) is 6.98. The summed E-state index contributed by atoms with van der Waals surface area (Å²) >= 11 is 0. The smallest absolute Gasteiger partial charge is 0.255 e. The summed E-state index contributed by atoms with van der Waals surface area (Å²) in [6.07, 6.45) is 4.05. The number of methoxy groups -OCH3 is 1. The molecule has 0 N–H and O–H groups in total. The third-order valence-corrected chi connectivity index (χ3v) is 5.07. The molecule has 1 aromatic carbocycles. The molecule has 29 heavy (non-hydrogen) atoms. The van der Waals surface area contributed by atoms with Crippen LogP contribution in [-0.2, 0) is 9.53 Å². The topological polar surface area (TPSA) is 80.6 Å². The van der Waals surface area contributed by atoms with Gasteiger partial charge >= 0.3 is 0 Å². The Morgan fingerprint density at radius 2 is 1.79 bits per heavy atom. The van der Waals surface area contributed by atoms with Crippen LogP contribution in [0.2, 0.25) is 0 Å². The Bertz CT molecular complexity index is 1020. The Morgan fingerprint density at radius 3 is 2.59 bits per heavy atom. The van der Waals surface area contributed by atoms with Gasteiger partial charge in [0.05, 0.1) is 5.56 Å². The van der Waals surface area contributed by atoms with Crippen LogP contribution in [0, 0.1) is 0 Å². The van der Waals surface area contributed by atoms with Gasteiger partial charge in [0, 0.05) is 45.2 Å². The van der Waals surface area contributed by atoms with Gasteiger partial charge in [-0.1, -0.05) is 18.2 Å². The first kappa shape index (κ1) is 19.1. The number of rotatable bonds is 4. The maximum absolute atomic E-state index is 13.0. The molecule has 0 bridgehead atoms. The quantitative estimate of drug-likeness (QED) is 0.675. The molecule has 3 heterocycles. The van der Waals surface area contributed by atoms with Crippen LogP contribution in [-0.4, -0.2) is 76.0 Å². The van der Waals surface area contributed by atoms with Crippen molar-refractivity contribution in [1.29, 1.82) is 0 Å². The number of fused-ring (bicyclic) bond motifs is 1. The van der Waals surface area contributed by atoms with E-state index in [2.05, 4.69) is 9.97 Å². The summed E-state index contributed by atoms with van der Waals surface area (Å²) in [6.45, 7) is 2.30. The van der Waals surface area contributed by atoms with Gasteiger partial charge in [-0.15, -0.1) is 0 Å². The van der Waals surface area contributed by atoms with Crippen molar-refractivity contribution in [3.8, 4) is 5.69 Å². The third kappa shape index (κ3) is 3.97. The number of ether oxygens (including phenoxy) is 1. The summed E-state index contributed by atoms with van der Waals surface area (Å²) in [5, 5.41) is 0. The molecule has 1 aliphatic heterocycles. The number of carbonyl (C=O) groups excluding carboxylic acids is 2. The minimum absolute atomic E-state index is 0.0451. The highest BCUT2D eigenvalue weighted by Gasteiger charge is 2.23. The molecule has 0 unspecified atom stereocenters. The minimum atomic E-state index is -0.0882. The number of carbonyl (C=O) groups is 2. The van der Waals surface area contributed by atoms with Gasteiger partial charge in [-0.2, -0.15) is 0 Å². The Balaban J connectivity index is 1.51. The molecular weight excluding hydrogens is 370 g/mol. The van der Waals surface area contributed by atoms with Crippen molar-refractivity contribution in [3.63, 3.8) is 0 Å². The Hall–Kier alpha value is -3.26. The Kier molecular flexibility index (Phi) is 5.53. The second kappa shape index (κ2) is 8.40. The summed E-state index contributed by atoms with van der Waals surface area (Å²) < 4.78 is 6.82. The zero-order chi connectivity index (χ0) is 20.2. The number of aromatic nitrogens is 3. The molecule has 3 aromatic rings. The summed E-state index contributed by atoms with van der Waals surface area (Å²) in [4.78, 5) is 37.5. The van der Waals surface area contributed by atoms with Gasteiger partial charge < -0.3 is 14.5 Å². The van der Waals surface area contributed by atoms with Crippen molar-refractivity contribution >= 4 is 23.0 Å². The van der Waals surface area contributed by atoms with Crippen LogP contribution in [0.25, 0.3) is 16.9 Å². The number of hydrogen-bond acceptors (Lipinski definition) is 5. The lowest BCUT2D eigenvalue weighted by Gasteiger charge is -2.22. The first-order valence-electron chi connectivity index (χ1n) is 9.62. The molecule has 2 aromatic heterocycles. The summed E-state index contributed by atoms with van der Waals surface area (Å²) in [6, 6.07) is 11.6. The summed E-state index contributed by atoms with van der Waals surface area (Å²) in [7, 11) is 1.51. The van der Waals surface area contributed by atoms with Crippen LogP contribution in [0.4, 0.5) is 0 Å². The molecule has 4 rings (SSSR count). The second-order valence-electron chi connectivity index (χ2n) is 6.98. The van der Waals surface area contributed by atoms with E-state index in [9.17, 15) is 9.59 Å². The molecule has 0 aliphatic carbocycles. The van der Waals surface area contributed by atoms with Gasteiger partial charge in [0.15, 0.2) is 5.65 Å². The minimum Gasteiger partial charge on any atom is -0.375 e. The predicted octanol–water partition coefficient (Wildman–Crippen LogP) is 1.74. The zero-order valence-corrected chi connectivity index (χ0v) is 16.3. The average Bonchev–Trinajstić information content (AvgIpc) is 3.01. The fraction of sp³-hybridized carbons (Fsp3) is 0.333. The van der Waals surface area contributed by atoms with E-state index in [1.165, 1.54) is 7.11 Å². The van der Waals surface area contributed by atoms with Gasteiger partial charge in [0.2, 0.25) is 5.91 Å². The number of benzene rings is 1. The van der Waals surface area contributed by atoms with Crippen molar-refractivity contribution < 1.29 is 14.3 Å². The van der Waals surface area contributed by atoms with E-state index in [-0.39, 0.29) is 18.4 Å². The highest BCUT2D eigenvalue weighted by molar-refractivity contribution is 5.96. The lowest BCUT2D eigenvalue weighted by Crippen LogP contribution is -2.38. The highest BCUT2D eigenvalue weighted by Crippen LogP contribution is 2.18. The lowest BCUT2D eigenvalue weighted by molar-refractivity contribution is -0.135. The first-order chi connectivity index (χ1) is 14.2. The van der Waals surface area contributed by atoms with Gasteiger partial charge in [-0.25, -0.2) is 9.97 Å². The largest absolute Gasteiger partial charge is 0.375 e. The Labute approximate surface area is 168 Å². The summed E-state index contributed by atoms with van der Waals surface area (Å²) in [5.41, 5.74) is 2.86. The number of amides is 2. The number of imidazole rings is 1. The van der Waals surface area contributed by atoms with Gasteiger partial charge in [-0.3, -0.25) is 14.2 Å². The summed E-state index contributed by atoms with van der Waals surface area (Å²) in [5.74, 6) is -0.133. The third-order valence-electron chi connectivity index (χ3n) is 5.07. The standard InChI is InChI=1S/C21H23N5O3/c1-29-14-19(27)24-8-5-9-25(11-10-24)21(28)16-12-18-20(22-13-16)26(15-23-18)17-6-3-2-4-7-17/h2-4,6-7,12-13,15H,5,8-11,14H2,1H3. The van der Waals surface area contributed by atoms with Gasteiger partial charge in [0.1, 0.15) is 18.5 Å². The van der Waals surface area contributed by atoms with Crippen LogP contribution in [0.3, 0.4) is 0 Å². The van der Waals surface area contributed by atoms with E-state index in [1.807, 2.05) is 34.9 Å². The van der Waals surface area contributed by atoms with E-state index in [0.29, 0.717) is 42.9 Å². The maximum atomic E-state index is 13.0. The van der Waals surface area contributed by atoms with Crippen molar-refractivity contribution in [2.24, 2.45) is 0 Å². The van der Waals surface area contributed by atoms with Crippen LogP contribution < -0.4 is 0 Å². The number of nitrogens with zero attached hydrogens (tertiary/aromatic N) is 5. The molecule has 0 atom stereocenters. The molecule has 1 saturated heterocycles. The molecular formula is C21H23N5O3. The molecule has 2 amide bonds. The first-order valence-corrected chi connectivity index (χ1v) is 9.62. The fourth-order valence-electron chi connectivity index (χ4n) is 3.56. The van der Waals surface area contributed by atoms with Crippen molar-refractivity contribution in [2.45, 2.75) is 6.42 Å². The molecule has 0 spiro atoms. The average molecular weight is 393 g/mol. The van der Waals surface area contributed by atoms with Crippen LogP contribution in [0.15, 0.2) is 48.9 Å². The highest BCUT2D eigenvalue weighted by atomic mass is 16.5. The normalized spacial score (nSPS) is 14.8. The number of hydrogen-bond donors (Lipinski definition) is 0. The van der Waals surface area contributed by atoms with E-state index >= 15 is 0 Å². The van der Waals surface area contributed by atoms with Crippen molar-refractivity contribution in [1.82, 2.24) is 24.3 Å². The SMILES string of the molecule is COCC(=O)N1CCCN(C(=O)c2cnc3c(c2)ncn3-c2ccccc2)CC1. The van der Waals surface area contributed by atoms with Crippen LogP contribution in [0.1, 0.15) is 16.8 Å². The van der Waals surface area contributed by atoms with Crippen molar-refractivity contribution in [2.75, 3.05) is 39.9 Å². The van der Waals surface area contributed by atoms with Crippen LogP contribution in [0.5, 0.6) is 0 Å². The van der Waals surface area contributed by atoms with Crippen LogP contribution >= 0.6 is 0 Å². The Morgan fingerprint density at radius 1 is 1.03 bits per heavy atom. The molecule has 8 nitrogen and oxygen atoms in total. The fourth-order valence-corrected chi connectivity index (χ4v) is 3.56. The van der Waals surface area contributed by atoms with E-state index in [1.54, 1.807) is 28.4 Å². The molecule has 150 valence electrons. The molecule has 0 radical (unpaired) electrons. The number of para-hydroxylation sites is 1. The molecule has 0 saturated carbocycles. The van der Waals surface area contributed by atoms with E-state index in [4.69, 9.17) is 4.74 Å². The monoisotopic (exact) mass is 393 g/mol. The van der Waals surface area contributed by atoms with E-state index in [0.717, 1.165) is 12.1 Å². The van der Waals surface area contributed by atoms with E-state index < -0.39 is 0 Å². The van der Waals surface area contributed by atoms with Gasteiger partial charge in [0.25, 0.3) is 5.91 Å². The molecule has 8 heteroatoms. The van der Waals surface area contributed by atoms with Gasteiger partial charge in [-0.05, 0) is 24.6 Å².